The number of morpholine rings is 1. The Kier molecular flexibility index (Phi) is 8.65. The lowest BCUT2D eigenvalue weighted by Crippen LogP contribution is -2.36. The molecule has 6 rings (SSSR count). The van der Waals surface area contributed by atoms with E-state index in [1.165, 1.54) is 0 Å². The molecule has 9 nitrogen and oxygen atoms in total. The summed E-state index contributed by atoms with van der Waals surface area (Å²) >= 11 is 0. The summed E-state index contributed by atoms with van der Waals surface area (Å²) < 4.78 is 11.9. The summed E-state index contributed by atoms with van der Waals surface area (Å²) in [5, 5.41) is 7.25. The zero-order valence-corrected chi connectivity index (χ0v) is 25.2. The number of aryl methyl sites for hydroxylation is 1. The van der Waals surface area contributed by atoms with Gasteiger partial charge in [-0.2, -0.15) is 0 Å². The van der Waals surface area contributed by atoms with Crippen molar-refractivity contribution in [3.05, 3.63) is 102 Å². The number of carbonyl (C=O) groups is 1. The van der Waals surface area contributed by atoms with Crippen LogP contribution in [0.3, 0.4) is 0 Å². The van der Waals surface area contributed by atoms with Crippen molar-refractivity contribution in [3.8, 4) is 16.9 Å². The van der Waals surface area contributed by atoms with Crippen LogP contribution in [-0.4, -0.2) is 53.2 Å². The van der Waals surface area contributed by atoms with Crippen LogP contribution in [0.4, 0.5) is 17.5 Å². The predicted octanol–water partition coefficient (Wildman–Crippen LogP) is 6.49. The summed E-state index contributed by atoms with van der Waals surface area (Å²) in [4.78, 5) is 29.2. The number of benzene rings is 3. The van der Waals surface area contributed by atoms with Gasteiger partial charge in [0.05, 0.1) is 18.7 Å². The fourth-order valence-corrected chi connectivity index (χ4v) is 5.17. The second-order valence-corrected chi connectivity index (χ2v) is 11.2. The number of ether oxygens (including phenoxy) is 2. The molecule has 44 heavy (non-hydrogen) atoms. The number of hydrogen-bond donors (Lipinski definition) is 2. The fourth-order valence-electron chi connectivity index (χ4n) is 5.17. The number of anilines is 3. The van der Waals surface area contributed by atoms with E-state index in [2.05, 4.69) is 52.3 Å². The molecule has 0 spiro atoms. The first-order valence-corrected chi connectivity index (χ1v) is 14.9. The van der Waals surface area contributed by atoms with Gasteiger partial charge >= 0.3 is 0 Å². The molecule has 1 amide bonds. The molecular weight excluding hydrogens is 552 g/mol. The first kappa shape index (κ1) is 29.1. The zero-order chi connectivity index (χ0) is 30.5. The number of pyridine rings is 1. The third-order valence-corrected chi connectivity index (χ3v) is 7.46. The quantitative estimate of drug-likeness (QED) is 0.202. The molecule has 1 saturated heterocycles. The van der Waals surface area contributed by atoms with E-state index in [0.717, 1.165) is 52.1 Å². The smallest absolute Gasteiger partial charge is 0.255 e. The Morgan fingerprint density at radius 3 is 2.59 bits per heavy atom. The summed E-state index contributed by atoms with van der Waals surface area (Å²) in [6, 6.07) is 23.8. The van der Waals surface area contributed by atoms with Crippen LogP contribution >= 0.6 is 0 Å². The molecule has 5 aromatic rings. The number of aromatic nitrogens is 3. The van der Waals surface area contributed by atoms with Crippen molar-refractivity contribution in [1.82, 2.24) is 15.0 Å². The van der Waals surface area contributed by atoms with E-state index in [1.54, 1.807) is 12.3 Å². The van der Waals surface area contributed by atoms with Crippen LogP contribution in [0, 0.1) is 6.92 Å². The number of nitrogens with one attached hydrogen (secondary N) is 2. The van der Waals surface area contributed by atoms with Crippen molar-refractivity contribution < 1.29 is 14.3 Å². The maximum Gasteiger partial charge on any atom is 0.255 e. The molecule has 2 N–H and O–H groups in total. The molecule has 0 aliphatic carbocycles. The number of rotatable bonds is 9. The van der Waals surface area contributed by atoms with Gasteiger partial charge in [0.1, 0.15) is 18.2 Å². The molecule has 0 saturated carbocycles. The summed E-state index contributed by atoms with van der Waals surface area (Å²) in [5.41, 5.74) is 5.96. The molecule has 0 atom stereocenters. The maximum atomic E-state index is 13.4. The molecule has 9 heteroatoms. The van der Waals surface area contributed by atoms with Crippen LogP contribution in [0.5, 0.6) is 5.75 Å². The Labute approximate surface area is 257 Å². The van der Waals surface area contributed by atoms with E-state index in [0.29, 0.717) is 42.8 Å². The molecule has 3 heterocycles. The zero-order valence-electron chi connectivity index (χ0n) is 25.2. The molecule has 3 aromatic carbocycles. The second kappa shape index (κ2) is 13.1. The van der Waals surface area contributed by atoms with Gasteiger partial charge in [0.25, 0.3) is 5.91 Å². The summed E-state index contributed by atoms with van der Waals surface area (Å²) in [6.07, 6.45) is 3.50. The largest absolute Gasteiger partial charge is 0.488 e. The SMILES string of the molecule is Cc1ccc(NC(=O)c2ccnc(N3CCOCC3)c2)cc1-c1cc2cnc(NC(C)C)nc2cc1OCc1ccccc1. The van der Waals surface area contributed by atoms with E-state index in [-0.39, 0.29) is 11.9 Å². The lowest BCUT2D eigenvalue weighted by molar-refractivity contribution is 0.102. The normalized spacial score (nSPS) is 13.2. The Bertz CT molecular complexity index is 1770. The molecule has 224 valence electrons. The number of carbonyl (C=O) groups excluding carboxylic acids is 1. The number of fused-ring (bicyclic) bond motifs is 1. The Balaban J connectivity index is 1.32. The number of nitrogens with zero attached hydrogens (tertiary/aromatic N) is 4. The second-order valence-electron chi connectivity index (χ2n) is 11.2. The highest BCUT2D eigenvalue weighted by molar-refractivity contribution is 6.05. The van der Waals surface area contributed by atoms with Crippen LogP contribution in [0.25, 0.3) is 22.0 Å². The van der Waals surface area contributed by atoms with E-state index in [1.807, 2.05) is 66.9 Å². The summed E-state index contributed by atoms with van der Waals surface area (Å²) in [6.45, 7) is 9.37. The highest BCUT2D eigenvalue weighted by atomic mass is 16.5. The molecule has 1 fully saturated rings. The number of hydrogen-bond acceptors (Lipinski definition) is 8. The van der Waals surface area contributed by atoms with Gasteiger partial charge in [0, 0.05) is 59.8 Å². The summed E-state index contributed by atoms with van der Waals surface area (Å²) in [7, 11) is 0. The highest BCUT2D eigenvalue weighted by Gasteiger charge is 2.17. The average Bonchev–Trinajstić information content (AvgIpc) is 3.05. The molecular formula is C35H36N6O3. The van der Waals surface area contributed by atoms with Gasteiger partial charge in [-0.05, 0) is 67.8 Å². The van der Waals surface area contributed by atoms with Crippen molar-refractivity contribution in [3.63, 3.8) is 0 Å². The van der Waals surface area contributed by atoms with Crippen molar-refractivity contribution in [2.75, 3.05) is 41.8 Å². The molecule has 0 unspecified atom stereocenters. The minimum Gasteiger partial charge on any atom is -0.488 e. The third kappa shape index (κ3) is 6.79. The molecule has 0 bridgehead atoms. The molecule has 0 radical (unpaired) electrons. The van der Waals surface area contributed by atoms with Gasteiger partial charge in [0.15, 0.2) is 0 Å². The van der Waals surface area contributed by atoms with Crippen molar-refractivity contribution in [2.24, 2.45) is 0 Å². The first-order chi connectivity index (χ1) is 21.4. The molecule has 1 aliphatic rings. The third-order valence-electron chi connectivity index (χ3n) is 7.46. The topological polar surface area (TPSA) is 102 Å². The van der Waals surface area contributed by atoms with Gasteiger partial charge in [0.2, 0.25) is 5.95 Å². The van der Waals surface area contributed by atoms with Crippen LogP contribution in [0.15, 0.2) is 85.2 Å². The maximum absolute atomic E-state index is 13.4. The lowest BCUT2D eigenvalue weighted by Gasteiger charge is -2.27. The van der Waals surface area contributed by atoms with Gasteiger partial charge in [-0.25, -0.2) is 15.0 Å². The van der Waals surface area contributed by atoms with Crippen molar-refractivity contribution in [2.45, 2.75) is 33.4 Å². The monoisotopic (exact) mass is 588 g/mol. The Morgan fingerprint density at radius 2 is 1.80 bits per heavy atom. The highest BCUT2D eigenvalue weighted by Crippen LogP contribution is 2.37. The number of amides is 1. The Hall–Kier alpha value is -5.02. The minimum atomic E-state index is -0.200. The Morgan fingerprint density at radius 1 is 0.977 bits per heavy atom. The van der Waals surface area contributed by atoms with Gasteiger partial charge in [-0.15, -0.1) is 0 Å². The van der Waals surface area contributed by atoms with Gasteiger partial charge in [-0.1, -0.05) is 36.4 Å². The molecule has 1 aliphatic heterocycles. The van der Waals surface area contributed by atoms with Crippen LogP contribution in [0.1, 0.15) is 35.3 Å². The minimum absolute atomic E-state index is 0.200. The lowest BCUT2D eigenvalue weighted by atomic mass is 9.97. The van der Waals surface area contributed by atoms with Gasteiger partial charge < -0.3 is 25.0 Å². The van der Waals surface area contributed by atoms with E-state index < -0.39 is 0 Å². The molecule has 2 aromatic heterocycles. The van der Waals surface area contributed by atoms with Crippen LogP contribution < -0.4 is 20.3 Å². The van der Waals surface area contributed by atoms with Crippen LogP contribution in [0.2, 0.25) is 0 Å². The first-order valence-electron chi connectivity index (χ1n) is 14.9. The van der Waals surface area contributed by atoms with Crippen molar-refractivity contribution >= 4 is 34.3 Å². The van der Waals surface area contributed by atoms with E-state index in [9.17, 15) is 4.79 Å². The standard InChI is InChI=1S/C35H36N6O3/c1-23(2)38-35-37-21-27-17-30(32(20-31(27)40-35)44-22-25-7-5-4-6-8-25)29-19-28(10-9-24(29)3)39-34(42)26-11-12-36-33(18-26)41-13-15-43-16-14-41/h4-12,17-21,23H,13-16,22H2,1-3H3,(H,39,42)(H,37,38,40). The predicted molar refractivity (Wildman–Crippen MR) is 174 cm³/mol. The van der Waals surface area contributed by atoms with Gasteiger partial charge in [-0.3, -0.25) is 4.79 Å². The van der Waals surface area contributed by atoms with Crippen LogP contribution in [-0.2, 0) is 11.3 Å². The van der Waals surface area contributed by atoms with Crippen molar-refractivity contribution in [1.29, 1.82) is 0 Å². The fraction of sp³-hybridized carbons (Fsp3) is 0.257. The van der Waals surface area contributed by atoms with E-state index in [4.69, 9.17) is 14.5 Å². The van der Waals surface area contributed by atoms with E-state index >= 15 is 0 Å². The average molecular weight is 589 g/mol. The summed E-state index contributed by atoms with van der Waals surface area (Å²) in [5.74, 6) is 1.85.